The van der Waals surface area contributed by atoms with E-state index >= 15 is 0 Å². The van der Waals surface area contributed by atoms with Crippen LogP contribution in [0.4, 0.5) is 0 Å². The Hall–Kier alpha value is -2.09. The van der Waals surface area contributed by atoms with Gasteiger partial charge in [-0.3, -0.25) is 20.4 Å². The first-order valence-corrected chi connectivity index (χ1v) is 9.55. The zero-order chi connectivity index (χ0) is 17.7. The van der Waals surface area contributed by atoms with Gasteiger partial charge in [0.25, 0.3) is 5.91 Å². The first kappa shape index (κ1) is 18.3. The van der Waals surface area contributed by atoms with Crippen LogP contribution in [0, 0.1) is 19.8 Å². The van der Waals surface area contributed by atoms with Crippen molar-refractivity contribution in [1.82, 2.24) is 10.9 Å². The number of rotatable bonds is 5. The number of amides is 2. The van der Waals surface area contributed by atoms with Crippen LogP contribution in [0.15, 0.2) is 18.2 Å². The molecule has 2 amide bonds. The molecule has 1 atom stereocenters. The van der Waals surface area contributed by atoms with Crippen LogP contribution in [0.2, 0.25) is 0 Å². The first-order valence-electron chi connectivity index (χ1n) is 7.73. The van der Waals surface area contributed by atoms with E-state index < -0.39 is 21.7 Å². The highest BCUT2D eigenvalue weighted by molar-refractivity contribution is 7.91. The summed E-state index contributed by atoms with van der Waals surface area (Å²) in [5.74, 6) is -0.295. The first-order chi connectivity index (χ1) is 11.2. The maximum Gasteiger partial charge on any atom is 0.276 e. The van der Waals surface area contributed by atoms with Crippen molar-refractivity contribution in [2.24, 2.45) is 5.92 Å². The van der Waals surface area contributed by atoms with Gasteiger partial charge in [0.05, 0.1) is 11.5 Å². The molecule has 1 fully saturated rings. The molecule has 1 aliphatic heterocycles. The monoisotopic (exact) mass is 354 g/mol. The molecule has 1 aromatic carbocycles. The van der Waals surface area contributed by atoms with Crippen LogP contribution in [0.3, 0.4) is 0 Å². The van der Waals surface area contributed by atoms with Gasteiger partial charge in [-0.2, -0.15) is 0 Å². The van der Waals surface area contributed by atoms with E-state index in [2.05, 4.69) is 10.9 Å². The lowest BCUT2D eigenvalue weighted by Crippen LogP contribution is -2.44. The molecular formula is C16H22N2O5S. The summed E-state index contributed by atoms with van der Waals surface area (Å²) in [6, 6.07) is 5.69. The van der Waals surface area contributed by atoms with E-state index in [1.807, 2.05) is 32.0 Å². The molecule has 1 heterocycles. The van der Waals surface area contributed by atoms with Crippen molar-refractivity contribution < 1.29 is 22.7 Å². The molecule has 24 heavy (non-hydrogen) atoms. The molecule has 2 rings (SSSR count). The molecule has 8 heteroatoms. The van der Waals surface area contributed by atoms with Crippen LogP contribution in [-0.4, -0.2) is 38.3 Å². The van der Waals surface area contributed by atoms with Gasteiger partial charge >= 0.3 is 0 Å². The summed E-state index contributed by atoms with van der Waals surface area (Å²) < 4.78 is 28.1. The third kappa shape index (κ3) is 5.52. The molecule has 7 nitrogen and oxygen atoms in total. The number of hydrazine groups is 1. The fraction of sp³-hybridized carbons (Fsp3) is 0.500. The second kappa shape index (κ2) is 7.65. The van der Waals surface area contributed by atoms with Gasteiger partial charge in [-0.05, 0) is 43.4 Å². The van der Waals surface area contributed by atoms with Crippen molar-refractivity contribution in [1.29, 1.82) is 0 Å². The Morgan fingerprint density at radius 3 is 2.58 bits per heavy atom. The Balaban J connectivity index is 1.71. The van der Waals surface area contributed by atoms with Crippen molar-refractivity contribution in [3.05, 3.63) is 29.3 Å². The number of carbonyl (C=O) groups excluding carboxylic acids is 2. The average Bonchev–Trinajstić information content (AvgIpc) is 2.85. The van der Waals surface area contributed by atoms with E-state index in [9.17, 15) is 18.0 Å². The highest BCUT2D eigenvalue weighted by atomic mass is 32.2. The quantitative estimate of drug-likeness (QED) is 0.756. The van der Waals surface area contributed by atoms with Gasteiger partial charge in [-0.25, -0.2) is 8.42 Å². The summed E-state index contributed by atoms with van der Waals surface area (Å²) in [4.78, 5) is 23.4. The Bertz CT molecular complexity index is 730. The number of hydrogen-bond acceptors (Lipinski definition) is 5. The molecule has 2 N–H and O–H groups in total. The van der Waals surface area contributed by atoms with E-state index in [0.717, 1.165) is 11.1 Å². The number of aryl methyl sites for hydroxylation is 2. The molecule has 132 valence electrons. The van der Waals surface area contributed by atoms with Crippen LogP contribution >= 0.6 is 0 Å². The third-order valence-corrected chi connectivity index (χ3v) is 5.68. The van der Waals surface area contributed by atoms with Crippen LogP contribution in [-0.2, 0) is 19.4 Å². The average molecular weight is 354 g/mol. The minimum atomic E-state index is -3.01. The van der Waals surface area contributed by atoms with E-state index in [4.69, 9.17) is 4.74 Å². The summed E-state index contributed by atoms with van der Waals surface area (Å²) in [7, 11) is -3.01. The van der Waals surface area contributed by atoms with Gasteiger partial charge in [0.2, 0.25) is 5.91 Å². The van der Waals surface area contributed by atoms with Gasteiger partial charge in [-0.1, -0.05) is 12.1 Å². The summed E-state index contributed by atoms with van der Waals surface area (Å²) >= 11 is 0. The lowest BCUT2D eigenvalue weighted by Gasteiger charge is -2.12. The second-order valence-electron chi connectivity index (χ2n) is 6.13. The minimum Gasteiger partial charge on any atom is -0.483 e. The number of benzene rings is 1. The van der Waals surface area contributed by atoms with E-state index in [1.165, 1.54) is 0 Å². The SMILES string of the molecule is Cc1ccc(C)c(OCC(=O)NNC(=O)CC2CCS(=O)(=O)C2)c1. The minimum absolute atomic E-state index is 0.0319. The van der Waals surface area contributed by atoms with Crippen molar-refractivity contribution in [3.63, 3.8) is 0 Å². The smallest absolute Gasteiger partial charge is 0.276 e. The standard InChI is InChI=1S/C16H22N2O5S/c1-11-3-4-12(2)14(7-11)23-9-16(20)18-17-15(19)8-13-5-6-24(21,22)10-13/h3-4,7,13H,5-6,8-10H2,1-2H3,(H,17,19)(H,18,20). The Morgan fingerprint density at radius 2 is 1.92 bits per heavy atom. The Labute approximate surface area is 141 Å². The van der Waals surface area contributed by atoms with Gasteiger partial charge in [-0.15, -0.1) is 0 Å². The molecular weight excluding hydrogens is 332 g/mol. The van der Waals surface area contributed by atoms with Crippen molar-refractivity contribution in [2.75, 3.05) is 18.1 Å². The van der Waals surface area contributed by atoms with E-state index in [1.54, 1.807) is 0 Å². The molecule has 1 unspecified atom stereocenters. The number of carbonyl (C=O) groups is 2. The zero-order valence-corrected chi connectivity index (χ0v) is 14.6. The molecule has 0 aliphatic carbocycles. The Kier molecular flexibility index (Phi) is 5.82. The molecule has 1 saturated heterocycles. The number of nitrogens with one attached hydrogen (secondary N) is 2. The maximum absolute atomic E-state index is 11.7. The summed E-state index contributed by atoms with van der Waals surface area (Å²) in [6.07, 6.45) is 0.566. The van der Waals surface area contributed by atoms with E-state index in [0.29, 0.717) is 12.2 Å². The molecule has 0 aromatic heterocycles. The highest BCUT2D eigenvalue weighted by Gasteiger charge is 2.29. The van der Waals surface area contributed by atoms with Crippen LogP contribution in [0.5, 0.6) is 5.75 Å². The molecule has 0 saturated carbocycles. The number of sulfone groups is 1. The largest absolute Gasteiger partial charge is 0.483 e. The van der Waals surface area contributed by atoms with Crippen LogP contribution in [0.1, 0.15) is 24.0 Å². The highest BCUT2D eigenvalue weighted by Crippen LogP contribution is 2.21. The third-order valence-electron chi connectivity index (χ3n) is 3.84. The fourth-order valence-electron chi connectivity index (χ4n) is 2.53. The van der Waals surface area contributed by atoms with Gasteiger partial charge < -0.3 is 4.74 Å². The topological polar surface area (TPSA) is 102 Å². The molecule has 1 aromatic rings. The van der Waals surface area contributed by atoms with Crippen LogP contribution < -0.4 is 15.6 Å². The summed E-state index contributed by atoms with van der Waals surface area (Å²) in [5.41, 5.74) is 6.49. The van der Waals surface area contributed by atoms with Gasteiger partial charge in [0.1, 0.15) is 5.75 Å². The predicted molar refractivity (Wildman–Crippen MR) is 89.1 cm³/mol. The predicted octanol–water partition coefficient (Wildman–Crippen LogP) is 0.654. The lowest BCUT2D eigenvalue weighted by atomic mass is 10.1. The van der Waals surface area contributed by atoms with Crippen molar-refractivity contribution >= 4 is 21.7 Å². The van der Waals surface area contributed by atoms with Gasteiger partial charge in [0.15, 0.2) is 16.4 Å². The Morgan fingerprint density at radius 1 is 1.21 bits per heavy atom. The molecule has 0 spiro atoms. The van der Waals surface area contributed by atoms with E-state index in [-0.39, 0.29) is 30.5 Å². The summed E-state index contributed by atoms with van der Waals surface area (Å²) in [5, 5.41) is 0. The number of ether oxygens (including phenoxy) is 1. The number of hydrogen-bond donors (Lipinski definition) is 2. The van der Waals surface area contributed by atoms with Gasteiger partial charge in [0, 0.05) is 6.42 Å². The normalized spacial score (nSPS) is 18.8. The molecule has 1 aliphatic rings. The van der Waals surface area contributed by atoms with Crippen molar-refractivity contribution in [2.45, 2.75) is 26.7 Å². The lowest BCUT2D eigenvalue weighted by molar-refractivity contribution is -0.130. The molecule has 0 radical (unpaired) electrons. The molecule has 0 bridgehead atoms. The van der Waals surface area contributed by atoms with Crippen LogP contribution in [0.25, 0.3) is 0 Å². The fourth-order valence-corrected chi connectivity index (χ4v) is 4.39. The van der Waals surface area contributed by atoms with Crippen molar-refractivity contribution in [3.8, 4) is 5.75 Å². The second-order valence-corrected chi connectivity index (χ2v) is 8.36. The maximum atomic E-state index is 11.7. The summed E-state index contributed by atoms with van der Waals surface area (Å²) in [6.45, 7) is 3.59. The zero-order valence-electron chi connectivity index (χ0n) is 13.8.